The summed E-state index contributed by atoms with van der Waals surface area (Å²) in [6.45, 7) is 21.5. The first-order valence-corrected chi connectivity index (χ1v) is 26.7. The SMILES string of the molecule is C.CC(C)(C)OC(=O)N1CCC(c2ccn3c(Cl)ncc3c2)CC1.CC(C)(C)OC(=O)N1CCC(c2ccn3cnc(Cl)c3c2)CC1.CC(C)(C)OC(=O)N1CCC(c2ccn3cncc3c2)CC1.ClC(Cl)(Cl)Cl. The molecule has 0 unspecified atom stereocenters. The van der Waals surface area contributed by atoms with Gasteiger partial charge in [-0.05, 0) is 183 Å². The molecule has 74 heavy (non-hydrogen) atoms. The molecule has 21 heteroatoms. The van der Waals surface area contributed by atoms with Crippen molar-refractivity contribution in [1.82, 2.24) is 42.9 Å². The van der Waals surface area contributed by atoms with Gasteiger partial charge in [0.15, 0.2) is 5.15 Å². The predicted octanol–water partition coefficient (Wildman–Crippen LogP) is 14.8. The van der Waals surface area contributed by atoms with Crippen LogP contribution in [-0.2, 0) is 14.2 Å². The summed E-state index contributed by atoms with van der Waals surface area (Å²) in [5.41, 5.74) is 5.59. The molecule has 0 atom stereocenters. The lowest BCUT2D eigenvalue weighted by Gasteiger charge is -2.33. The molecule has 6 aromatic rings. The zero-order valence-corrected chi connectivity index (χ0v) is 47.5. The first-order chi connectivity index (χ1) is 34.1. The lowest BCUT2D eigenvalue weighted by Crippen LogP contribution is -2.41. The number of hydrogen-bond donors (Lipinski definition) is 0. The molecule has 0 aromatic carbocycles. The number of nitrogens with zero attached hydrogens (tertiary/aromatic N) is 9. The number of alkyl halides is 4. The van der Waals surface area contributed by atoms with Gasteiger partial charge in [-0.1, -0.05) is 65.4 Å². The fourth-order valence-corrected chi connectivity index (χ4v) is 9.22. The summed E-state index contributed by atoms with van der Waals surface area (Å²) in [5.74, 6) is 1.38. The van der Waals surface area contributed by atoms with Crippen molar-refractivity contribution >= 4 is 104 Å². The number of halogens is 6. The van der Waals surface area contributed by atoms with E-state index in [0.717, 1.165) is 94.3 Å². The molecular formula is C53H71Cl6N9O6. The largest absolute Gasteiger partial charge is 0.444 e. The number of carbonyl (C=O) groups excluding carboxylic acids is 3. The third-order valence-corrected chi connectivity index (χ3v) is 12.9. The Balaban J connectivity index is 0.000000195. The van der Waals surface area contributed by atoms with Gasteiger partial charge in [-0.25, -0.2) is 29.3 Å². The summed E-state index contributed by atoms with van der Waals surface area (Å²) >= 11 is 31.4. The van der Waals surface area contributed by atoms with E-state index in [2.05, 4.69) is 57.5 Å². The zero-order chi connectivity index (χ0) is 53.5. The topological polar surface area (TPSA) is 141 Å². The number of piperidine rings is 3. The Hall–Kier alpha value is -4.38. The van der Waals surface area contributed by atoms with Crippen LogP contribution in [0.1, 0.15) is 143 Å². The smallest absolute Gasteiger partial charge is 0.410 e. The number of ether oxygens (including phenoxy) is 3. The van der Waals surface area contributed by atoms with Crippen molar-refractivity contribution in [2.45, 2.75) is 146 Å². The van der Waals surface area contributed by atoms with Gasteiger partial charge in [-0.2, -0.15) is 0 Å². The van der Waals surface area contributed by atoms with Gasteiger partial charge < -0.3 is 37.7 Å². The van der Waals surface area contributed by atoms with Crippen molar-refractivity contribution in [3.8, 4) is 0 Å². The number of hydrogen-bond acceptors (Lipinski definition) is 9. The molecule has 3 amide bonds. The second kappa shape index (κ2) is 25.6. The van der Waals surface area contributed by atoms with Crippen LogP contribution in [-0.4, -0.2) is 120 Å². The highest BCUT2D eigenvalue weighted by atomic mass is 35.6. The number of pyridine rings is 3. The minimum absolute atomic E-state index is 0. The standard InChI is InChI=1S/2C17H22ClN3O2.C17H23N3O2.CCl4.CH4/c1-17(2,3)23-16(22)20-7-4-12(5-8-20)13-6-9-21-11-19-15(18)14(21)10-13;1-17(2,3)23-16(22)20-7-4-12(5-8-20)13-6-9-21-14(10-13)11-19-15(21)18;1-17(2,3)22-16(21)19-7-4-13(5-8-19)14-6-9-20-12-18-11-15(20)10-14;2-1(3,4)5;/h2*6,9-12H,4-5,7-8H2,1-3H3;6,9-13H,4-5,7-8H2,1-3H3;;1H4. The molecule has 0 radical (unpaired) electrons. The normalized spacial score (nSPS) is 16.3. The Bertz CT molecular complexity index is 2780. The third kappa shape index (κ3) is 18.4. The van der Waals surface area contributed by atoms with Crippen LogP contribution in [0.2, 0.25) is 10.4 Å². The number of amides is 3. The fraction of sp³-hybridized carbons (Fsp3) is 0.547. The van der Waals surface area contributed by atoms with Crippen molar-refractivity contribution in [1.29, 1.82) is 0 Å². The van der Waals surface area contributed by atoms with Crippen LogP contribution in [0.25, 0.3) is 16.6 Å². The lowest BCUT2D eigenvalue weighted by molar-refractivity contribution is 0.0194. The van der Waals surface area contributed by atoms with E-state index in [1.165, 1.54) is 16.7 Å². The van der Waals surface area contributed by atoms with Crippen molar-refractivity contribution in [3.05, 3.63) is 107 Å². The molecule has 9 heterocycles. The monoisotopic (exact) mass is 1140 g/mol. The molecule has 0 aliphatic carbocycles. The second-order valence-electron chi connectivity index (χ2n) is 21.4. The van der Waals surface area contributed by atoms with Crippen LogP contribution < -0.4 is 0 Å². The molecule has 3 fully saturated rings. The maximum atomic E-state index is 12.1. The van der Waals surface area contributed by atoms with E-state index in [0.29, 0.717) is 28.2 Å². The number of carbonyl (C=O) groups is 3. The summed E-state index contributed by atoms with van der Waals surface area (Å²) in [5, 5.41) is 1.00. The highest BCUT2D eigenvalue weighted by Crippen LogP contribution is 2.33. The quantitative estimate of drug-likeness (QED) is 0.125. The van der Waals surface area contributed by atoms with Crippen LogP contribution in [0.3, 0.4) is 0 Å². The summed E-state index contributed by atoms with van der Waals surface area (Å²) in [6, 6.07) is 12.8. The Kier molecular flexibility index (Phi) is 21.0. The van der Waals surface area contributed by atoms with E-state index < -0.39 is 20.1 Å². The molecule has 0 saturated carbocycles. The molecule has 406 valence electrons. The third-order valence-electron chi connectivity index (χ3n) is 12.3. The van der Waals surface area contributed by atoms with Gasteiger partial charge in [0, 0.05) is 57.9 Å². The maximum Gasteiger partial charge on any atom is 0.410 e. The van der Waals surface area contributed by atoms with Crippen molar-refractivity contribution in [2.75, 3.05) is 39.3 Å². The summed E-state index contributed by atoms with van der Waals surface area (Å²) in [4.78, 5) is 54.1. The molecule has 3 aliphatic heterocycles. The van der Waals surface area contributed by atoms with Crippen LogP contribution in [0.15, 0.2) is 80.0 Å². The van der Waals surface area contributed by atoms with E-state index >= 15 is 0 Å². The molecule has 0 N–H and O–H groups in total. The summed E-state index contributed by atoms with van der Waals surface area (Å²) in [7, 11) is 0. The van der Waals surface area contributed by atoms with Gasteiger partial charge in [-0.3, -0.25) is 4.40 Å². The van der Waals surface area contributed by atoms with E-state index in [9.17, 15) is 14.4 Å². The number of likely N-dealkylation sites (tertiary alicyclic amines) is 3. The lowest BCUT2D eigenvalue weighted by atomic mass is 9.90. The van der Waals surface area contributed by atoms with Gasteiger partial charge in [0.1, 0.15) is 23.1 Å². The van der Waals surface area contributed by atoms with Crippen LogP contribution in [0, 0.1) is 0 Å². The average Bonchev–Trinajstić information content (AvgIpc) is 4.05. The molecule has 3 saturated heterocycles. The predicted molar refractivity (Wildman–Crippen MR) is 298 cm³/mol. The minimum Gasteiger partial charge on any atom is -0.444 e. The first kappa shape index (κ1) is 60.5. The molecule has 3 aliphatic rings. The van der Waals surface area contributed by atoms with Gasteiger partial charge in [0.05, 0.1) is 35.3 Å². The maximum absolute atomic E-state index is 12.1. The van der Waals surface area contributed by atoms with E-state index in [4.69, 9.17) is 83.8 Å². The zero-order valence-electron chi connectivity index (χ0n) is 43.0. The van der Waals surface area contributed by atoms with Gasteiger partial charge >= 0.3 is 18.3 Å². The molecule has 0 bridgehead atoms. The Labute approximate surface area is 465 Å². The van der Waals surface area contributed by atoms with Crippen LogP contribution in [0.5, 0.6) is 0 Å². The Morgan fingerprint density at radius 2 is 0.905 bits per heavy atom. The number of imidazole rings is 3. The van der Waals surface area contributed by atoms with Crippen molar-refractivity contribution in [3.63, 3.8) is 0 Å². The van der Waals surface area contributed by atoms with Gasteiger partial charge in [0.2, 0.25) is 5.28 Å². The number of fused-ring (bicyclic) bond motifs is 3. The fourth-order valence-electron chi connectivity index (χ4n) is 8.82. The van der Waals surface area contributed by atoms with Crippen LogP contribution >= 0.6 is 69.6 Å². The van der Waals surface area contributed by atoms with E-state index in [-0.39, 0.29) is 25.7 Å². The van der Waals surface area contributed by atoms with Crippen molar-refractivity contribution in [2.24, 2.45) is 0 Å². The first-order valence-electron chi connectivity index (χ1n) is 24.4. The molecule has 9 rings (SSSR count). The second-order valence-corrected chi connectivity index (χ2v) is 25.5. The summed E-state index contributed by atoms with van der Waals surface area (Å²) < 4.78 is 20.5. The van der Waals surface area contributed by atoms with Crippen molar-refractivity contribution < 1.29 is 28.6 Å². The highest BCUT2D eigenvalue weighted by Gasteiger charge is 2.31. The van der Waals surface area contributed by atoms with E-state index in [1.54, 1.807) is 22.3 Å². The average molecular weight is 1140 g/mol. The molecular weight excluding hydrogens is 1070 g/mol. The Morgan fingerprint density at radius 3 is 1.32 bits per heavy atom. The van der Waals surface area contributed by atoms with Gasteiger partial charge in [0.25, 0.3) is 3.25 Å². The highest BCUT2D eigenvalue weighted by molar-refractivity contribution is 6.83. The minimum atomic E-state index is -1.61. The molecule has 15 nitrogen and oxygen atoms in total. The molecule has 0 spiro atoms. The Morgan fingerprint density at radius 1 is 0.527 bits per heavy atom. The molecule has 6 aromatic heterocycles. The number of rotatable bonds is 3. The van der Waals surface area contributed by atoms with Gasteiger partial charge in [-0.15, -0.1) is 0 Å². The van der Waals surface area contributed by atoms with E-state index in [1.807, 2.05) is 105 Å². The van der Waals surface area contributed by atoms with Crippen LogP contribution in [0.4, 0.5) is 14.4 Å². The summed E-state index contributed by atoms with van der Waals surface area (Å²) in [6.07, 6.45) is 18.3. The number of aromatic nitrogens is 6.